The van der Waals surface area contributed by atoms with Gasteiger partial charge in [0.2, 0.25) is 0 Å². The van der Waals surface area contributed by atoms with Gasteiger partial charge in [0, 0.05) is 48.5 Å². The molecule has 0 radical (unpaired) electrons. The second-order valence-electron chi connectivity index (χ2n) is 7.85. The number of aryl methyl sites for hydroxylation is 1. The topological polar surface area (TPSA) is 42.2 Å². The van der Waals surface area contributed by atoms with Crippen molar-refractivity contribution in [1.29, 1.82) is 0 Å². The first-order valence-electron chi connectivity index (χ1n) is 11.2. The molecule has 2 aromatic carbocycles. The minimum absolute atomic E-state index is 0.328. The summed E-state index contributed by atoms with van der Waals surface area (Å²) in [5, 5.41) is 11.7. The molecular formula is C30H21NO2S2. The van der Waals surface area contributed by atoms with Gasteiger partial charge in [0.05, 0.1) is 0 Å². The summed E-state index contributed by atoms with van der Waals surface area (Å²) >= 11 is 2.93. The van der Waals surface area contributed by atoms with Gasteiger partial charge in [0.25, 0.3) is 0 Å². The van der Waals surface area contributed by atoms with E-state index in [-0.39, 0.29) is 0 Å². The molecule has 5 heteroatoms. The number of fused-ring (bicyclic) bond motifs is 3. The first-order chi connectivity index (χ1) is 17.1. The van der Waals surface area contributed by atoms with Crippen molar-refractivity contribution in [3.8, 4) is 34.1 Å². The van der Waals surface area contributed by atoms with E-state index in [0.29, 0.717) is 4.88 Å². The summed E-state index contributed by atoms with van der Waals surface area (Å²) in [6, 6.07) is 20.8. The molecule has 170 valence electrons. The van der Waals surface area contributed by atoms with Crippen LogP contribution in [0.5, 0.6) is 0 Å². The fourth-order valence-corrected chi connectivity index (χ4v) is 5.96. The average molecular weight is 492 g/mol. The third-order valence-electron chi connectivity index (χ3n) is 5.76. The summed E-state index contributed by atoms with van der Waals surface area (Å²) in [6.45, 7) is 4.87. The number of carboxylic acids is 1. The van der Waals surface area contributed by atoms with E-state index in [1.54, 1.807) is 24.3 Å². The van der Waals surface area contributed by atoms with E-state index in [0.717, 1.165) is 32.3 Å². The Balaban J connectivity index is 1.59. The maximum atomic E-state index is 11.2. The molecule has 0 atom stereocenters. The van der Waals surface area contributed by atoms with Crippen LogP contribution in [-0.4, -0.2) is 15.6 Å². The van der Waals surface area contributed by atoms with Gasteiger partial charge >= 0.3 is 5.97 Å². The number of thiophene rings is 2. The quantitative estimate of drug-likeness (QED) is 0.254. The predicted octanol–water partition coefficient (Wildman–Crippen LogP) is 7.85. The molecule has 0 bridgehead atoms. The molecule has 0 saturated carbocycles. The van der Waals surface area contributed by atoms with Crippen LogP contribution in [0, 0.1) is 23.7 Å². The maximum Gasteiger partial charge on any atom is 0.345 e. The van der Waals surface area contributed by atoms with E-state index in [9.17, 15) is 9.90 Å². The monoisotopic (exact) mass is 491 g/mol. The fraction of sp³-hybridized carbons (Fsp3) is 0.100. The Labute approximate surface area is 212 Å². The molecule has 5 rings (SSSR count). The van der Waals surface area contributed by atoms with Crippen LogP contribution in [0.3, 0.4) is 0 Å². The molecule has 0 aliphatic rings. The lowest BCUT2D eigenvalue weighted by molar-refractivity contribution is 0.0702. The number of aromatic carboxylic acids is 1. The number of rotatable bonds is 5. The number of hydrogen-bond acceptors (Lipinski definition) is 3. The van der Waals surface area contributed by atoms with Crippen LogP contribution in [0.15, 0.2) is 60.7 Å². The van der Waals surface area contributed by atoms with Crippen molar-refractivity contribution in [1.82, 2.24) is 4.57 Å². The SMILES string of the molecule is CC#CC#Cc1cc(-c2ccc3c(c2)c2ccccc2n3CC)sc1C=Cc1ccc(C(=O)O)s1. The molecule has 1 N–H and O–H groups in total. The highest BCUT2D eigenvalue weighted by atomic mass is 32.1. The van der Waals surface area contributed by atoms with Crippen molar-refractivity contribution in [2.75, 3.05) is 0 Å². The molecule has 0 aliphatic carbocycles. The molecular weight excluding hydrogens is 470 g/mol. The molecule has 3 nitrogen and oxygen atoms in total. The minimum atomic E-state index is -0.905. The van der Waals surface area contributed by atoms with Crippen LogP contribution in [-0.2, 0) is 6.54 Å². The Morgan fingerprint density at radius 3 is 2.57 bits per heavy atom. The lowest BCUT2D eigenvalue weighted by Crippen LogP contribution is -1.92. The van der Waals surface area contributed by atoms with Crippen molar-refractivity contribution in [2.45, 2.75) is 20.4 Å². The molecule has 0 amide bonds. The van der Waals surface area contributed by atoms with E-state index >= 15 is 0 Å². The van der Waals surface area contributed by atoms with Crippen molar-refractivity contribution in [3.63, 3.8) is 0 Å². The molecule has 35 heavy (non-hydrogen) atoms. The summed E-state index contributed by atoms with van der Waals surface area (Å²) in [6.07, 6.45) is 3.96. The van der Waals surface area contributed by atoms with Crippen molar-refractivity contribution in [2.24, 2.45) is 0 Å². The van der Waals surface area contributed by atoms with Crippen LogP contribution < -0.4 is 0 Å². The van der Waals surface area contributed by atoms with Gasteiger partial charge in [-0.05, 0) is 79.8 Å². The number of aromatic nitrogens is 1. The average Bonchev–Trinajstić information content (AvgIpc) is 3.58. The Hall–Kier alpha value is -4.03. The molecule has 0 saturated heterocycles. The summed E-state index contributed by atoms with van der Waals surface area (Å²) in [7, 11) is 0. The second kappa shape index (κ2) is 9.68. The van der Waals surface area contributed by atoms with Gasteiger partial charge < -0.3 is 9.67 Å². The van der Waals surface area contributed by atoms with Gasteiger partial charge in [0.1, 0.15) is 4.88 Å². The van der Waals surface area contributed by atoms with Crippen LogP contribution in [0.25, 0.3) is 44.4 Å². The van der Waals surface area contributed by atoms with Gasteiger partial charge in [-0.25, -0.2) is 4.79 Å². The predicted molar refractivity (Wildman–Crippen MR) is 149 cm³/mol. The van der Waals surface area contributed by atoms with Gasteiger partial charge in [-0.2, -0.15) is 0 Å². The molecule has 0 fully saturated rings. The summed E-state index contributed by atoms with van der Waals surface area (Å²) in [5.41, 5.74) is 4.54. The lowest BCUT2D eigenvalue weighted by Gasteiger charge is -2.03. The zero-order valence-electron chi connectivity index (χ0n) is 19.3. The van der Waals surface area contributed by atoms with Crippen LogP contribution >= 0.6 is 22.7 Å². The number of hydrogen-bond donors (Lipinski definition) is 1. The third kappa shape index (κ3) is 4.40. The van der Waals surface area contributed by atoms with Crippen LogP contribution in [0.4, 0.5) is 0 Å². The first-order valence-corrected chi connectivity index (χ1v) is 12.8. The van der Waals surface area contributed by atoms with Gasteiger partial charge in [-0.3, -0.25) is 0 Å². The van der Waals surface area contributed by atoms with E-state index in [1.807, 2.05) is 18.2 Å². The summed E-state index contributed by atoms with van der Waals surface area (Å²) in [4.78, 5) is 14.6. The molecule has 3 aromatic heterocycles. The van der Waals surface area contributed by atoms with Crippen molar-refractivity contribution < 1.29 is 9.90 Å². The standard InChI is InChI=1S/C30H21NO2S2/c1-3-5-6-9-20-19-29(35-27(20)16-13-22-14-17-28(34-22)30(32)33)21-12-15-26-24(18-21)23-10-7-8-11-25(23)31(26)4-2/h7-8,10-19H,4H2,1-2H3,(H,32,33). The Morgan fingerprint density at radius 1 is 0.971 bits per heavy atom. The number of nitrogens with zero attached hydrogens (tertiary/aromatic N) is 1. The zero-order chi connectivity index (χ0) is 24.4. The van der Waals surface area contributed by atoms with Crippen molar-refractivity contribution in [3.05, 3.63) is 80.9 Å². The van der Waals surface area contributed by atoms with Crippen molar-refractivity contribution >= 4 is 62.6 Å². The Kier molecular flexibility index (Phi) is 6.29. The van der Waals surface area contributed by atoms with Gasteiger partial charge in [-0.1, -0.05) is 36.1 Å². The minimum Gasteiger partial charge on any atom is -0.477 e. The normalized spacial score (nSPS) is 10.9. The maximum absolute atomic E-state index is 11.2. The highest BCUT2D eigenvalue weighted by Crippen LogP contribution is 2.37. The molecule has 0 unspecified atom stereocenters. The third-order valence-corrected chi connectivity index (χ3v) is 7.94. The fourth-order valence-electron chi connectivity index (χ4n) is 4.19. The Bertz CT molecular complexity index is 1740. The summed E-state index contributed by atoms with van der Waals surface area (Å²) in [5.74, 6) is 10.8. The van der Waals surface area contributed by atoms with Gasteiger partial charge in [0.15, 0.2) is 0 Å². The highest BCUT2D eigenvalue weighted by molar-refractivity contribution is 7.17. The molecule has 0 aliphatic heterocycles. The van der Waals surface area contributed by atoms with E-state index in [1.165, 1.54) is 33.1 Å². The summed E-state index contributed by atoms with van der Waals surface area (Å²) < 4.78 is 2.35. The second-order valence-corrected chi connectivity index (χ2v) is 10.0. The molecule has 5 aromatic rings. The number of benzene rings is 2. The molecule has 3 heterocycles. The number of carbonyl (C=O) groups is 1. The van der Waals surface area contributed by atoms with E-state index < -0.39 is 5.97 Å². The smallest absolute Gasteiger partial charge is 0.345 e. The van der Waals surface area contributed by atoms with Crippen LogP contribution in [0.1, 0.15) is 38.8 Å². The first kappa shape index (κ1) is 22.7. The zero-order valence-corrected chi connectivity index (χ0v) is 20.9. The number of para-hydroxylation sites is 1. The van der Waals surface area contributed by atoms with Gasteiger partial charge in [-0.15, -0.1) is 22.7 Å². The lowest BCUT2D eigenvalue weighted by atomic mass is 10.1. The molecule has 0 spiro atoms. The van der Waals surface area contributed by atoms with Crippen LogP contribution in [0.2, 0.25) is 0 Å². The number of carboxylic acid groups (broad SMARTS) is 1. The van der Waals surface area contributed by atoms with E-state index in [4.69, 9.17) is 0 Å². The van der Waals surface area contributed by atoms with E-state index in [2.05, 4.69) is 83.7 Å². The largest absolute Gasteiger partial charge is 0.477 e. The highest BCUT2D eigenvalue weighted by Gasteiger charge is 2.13. The Morgan fingerprint density at radius 2 is 1.80 bits per heavy atom.